The van der Waals surface area contributed by atoms with E-state index in [4.69, 9.17) is 0 Å². The molecule has 0 saturated heterocycles. The van der Waals surface area contributed by atoms with Gasteiger partial charge in [0, 0.05) is 5.25 Å². The van der Waals surface area contributed by atoms with Gasteiger partial charge in [0.1, 0.15) is 5.75 Å². The second-order valence-electron chi connectivity index (χ2n) is 7.58. The molecule has 1 atom stereocenters. The zero-order valence-electron chi connectivity index (χ0n) is 13.7. The van der Waals surface area contributed by atoms with Gasteiger partial charge in [-0.1, -0.05) is 53.7 Å². The van der Waals surface area contributed by atoms with E-state index in [1.165, 1.54) is 0 Å². The van der Waals surface area contributed by atoms with Crippen LogP contribution in [-0.2, 0) is 22.0 Å². The van der Waals surface area contributed by atoms with E-state index in [9.17, 15) is 15.0 Å². The van der Waals surface area contributed by atoms with Gasteiger partial charge < -0.3 is 15.0 Å². The molecule has 0 radical (unpaired) electrons. The fourth-order valence-corrected chi connectivity index (χ4v) is 2.47. The zero-order chi connectivity index (χ0) is 16.6. The monoisotopic (exact) mass is 309 g/mol. The predicted molar refractivity (Wildman–Crippen MR) is 87.0 cm³/mol. The number of phenolic OH excluding ortho intramolecular Hbond substituents is 1. The fourth-order valence-electron chi connectivity index (χ4n) is 2.26. The van der Waals surface area contributed by atoms with Crippen LogP contribution in [0.4, 0.5) is 0 Å². The lowest BCUT2D eigenvalue weighted by Crippen LogP contribution is -2.33. The minimum atomic E-state index is -1.18. The summed E-state index contributed by atoms with van der Waals surface area (Å²) in [5, 5.41) is 20.6. The fraction of sp³-hybridized carbons (Fsp3) is 0.588. The first-order chi connectivity index (χ1) is 9.34. The smallest absolute Gasteiger partial charge is 0.123 e. The van der Waals surface area contributed by atoms with Crippen molar-refractivity contribution in [2.24, 2.45) is 0 Å². The van der Waals surface area contributed by atoms with E-state index in [0.29, 0.717) is 5.75 Å². The number of thiol groups is 1. The number of carboxylic acids is 1. The van der Waals surface area contributed by atoms with Crippen LogP contribution in [0.3, 0.4) is 0 Å². The molecule has 0 aliphatic heterocycles. The molecule has 0 aliphatic rings. The molecule has 4 heteroatoms. The lowest BCUT2D eigenvalue weighted by atomic mass is 9.78. The summed E-state index contributed by atoms with van der Waals surface area (Å²) in [6.45, 7) is 12.1. The van der Waals surface area contributed by atoms with Gasteiger partial charge in [0.25, 0.3) is 0 Å². The standard InChI is InChI=1S/C17H26O3S/c1-16(2,3)11-7-10(9-13(21)15(19)20)8-12(14(11)18)17(4,5)6/h7-8,13,18,21H,9H2,1-6H3,(H,19,20)/p-1. The Morgan fingerprint density at radius 2 is 1.52 bits per heavy atom. The summed E-state index contributed by atoms with van der Waals surface area (Å²) in [5.41, 5.74) is 2.04. The largest absolute Gasteiger partial charge is 0.549 e. The number of carboxylic acid groups (broad SMARTS) is 1. The van der Waals surface area contributed by atoms with Crippen molar-refractivity contribution in [3.05, 3.63) is 28.8 Å². The van der Waals surface area contributed by atoms with Gasteiger partial charge in [-0.15, -0.1) is 0 Å². The van der Waals surface area contributed by atoms with Gasteiger partial charge in [-0.3, -0.25) is 0 Å². The number of hydrogen-bond acceptors (Lipinski definition) is 4. The molecule has 21 heavy (non-hydrogen) atoms. The third-order valence-electron chi connectivity index (χ3n) is 3.49. The maximum Gasteiger partial charge on any atom is 0.123 e. The Kier molecular flexibility index (Phi) is 5.04. The summed E-state index contributed by atoms with van der Waals surface area (Å²) in [5.74, 6) is -0.885. The summed E-state index contributed by atoms with van der Waals surface area (Å²) >= 11 is 4.05. The van der Waals surface area contributed by atoms with E-state index in [-0.39, 0.29) is 17.3 Å². The Labute approximate surface area is 132 Å². The maximum absolute atomic E-state index is 10.9. The van der Waals surface area contributed by atoms with Gasteiger partial charge in [-0.2, -0.15) is 12.6 Å². The Morgan fingerprint density at radius 3 is 1.81 bits per heavy atom. The van der Waals surface area contributed by atoms with Crippen molar-refractivity contribution < 1.29 is 15.0 Å². The molecule has 0 bridgehead atoms. The summed E-state index contributed by atoms with van der Waals surface area (Å²) < 4.78 is 0. The average molecular weight is 309 g/mol. The van der Waals surface area contributed by atoms with Crippen molar-refractivity contribution in [2.75, 3.05) is 0 Å². The van der Waals surface area contributed by atoms with E-state index in [2.05, 4.69) is 12.6 Å². The Balaban J connectivity index is 3.44. The number of phenols is 1. The predicted octanol–water partition coefficient (Wildman–Crippen LogP) is 2.58. The molecule has 1 N–H and O–H groups in total. The van der Waals surface area contributed by atoms with Crippen LogP contribution in [0.1, 0.15) is 58.2 Å². The molecule has 1 aromatic rings. The SMILES string of the molecule is CC(C)(C)c1cc(CC(S)C(=O)[O-])cc(C(C)(C)C)c1O. The van der Waals surface area contributed by atoms with Gasteiger partial charge in [0.2, 0.25) is 0 Å². The number of rotatable bonds is 3. The molecule has 0 aromatic heterocycles. The van der Waals surface area contributed by atoms with Crippen molar-refractivity contribution in [3.8, 4) is 5.75 Å². The first-order valence-electron chi connectivity index (χ1n) is 7.10. The minimum absolute atomic E-state index is 0.229. The number of hydrogen-bond donors (Lipinski definition) is 2. The molecular weight excluding hydrogens is 284 g/mol. The van der Waals surface area contributed by atoms with Crippen molar-refractivity contribution in [3.63, 3.8) is 0 Å². The van der Waals surface area contributed by atoms with Crippen LogP contribution in [0, 0.1) is 0 Å². The van der Waals surface area contributed by atoms with Crippen molar-refractivity contribution in [2.45, 2.75) is 64.0 Å². The highest BCUT2D eigenvalue weighted by atomic mass is 32.1. The number of aromatic hydroxyl groups is 1. The van der Waals surface area contributed by atoms with Crippen molar-refractivity contribution in [1.29, 1.82) is 0 Å². The van der Waals surface area contributed by atoms with E-state index >= 15 is 0 Å². The molecule has 1 aromatic carbocycles. The van der Waals surface area contributed by atoms with Gasteiger partial charge in [0.05, 0.1) is 5.97 Å². The van der Waals surface area contributed by atoms with Crippen LogP contribution in [0.15, 0.2) is 12.1 Å². The zero-order valence-corrected chi connectivity index (χ0v) is 14.5. The first-order valence-corrected chi connectivity index (χ1v) is 7.61. The molecular formula is C17H25O3S-. The van der Waals surface area contributed by atoms with Gasteiger partial charge in [-0.25, -0.2) is 0 Å². The van der Waals surface area contributed by atoms with Gasteiger partial charge in [0.15, 0.2) is 0 Å². The lowest BCUT2D eigenvalue weighted by Gasteiger charge is -2.28. The van der Waals surface area contributed by atoms with Crippen LogP contribution in [-0.4, -0.2) is 16.3 Å². The summed E-state index contributed by atoms with van der Waals surface area (Å²) in [7, 11) is 0. The van der Waals surface area contributed by atoms with Crippen LogP contribution in [0.5, 0.6) is 5.75 Å². The number of benzene rings is 1. The quantitative estimate of drug-likeness (QED) is 0.844. The molecule has 0 heterocycles. The van der Waals surface area contributed by atoms with E-state index in [0.717, 1.165) is 16.7 Å². The van der Waals surface area contributed by atoms with E-state index < -0.39 is 11.2 Å². The van der Waals surface area contributed by atoms with Crippen molar-refractivity contribution >= 4 is 18.6 Å². The van der Waals surface area contributed by atoms with E-state index in [1.54, 1.807) is 0 Å². The maximum atomic E-state index is 10.9. The second kappa shape index (κ2) is 5.91. The number of carbonyl (C=O) groups excluding carboxylic acids is 1. The highest BCUT2D eigenvalue weighted by Crippen LogP contribution is 2.40. The highest BCUT2D eigenvalue weighted by molar-refractivity contribution is 7.81. The van der Waals surface area contributed by atoms with Gasteiger partial charge in [-0.05, 0) is 33.9 Å². The Morgan fingerprint density at radius 1 is 1.14 bits per heavy atom. The minimum Gasteiger partial charge on any atom is -0.549 e. The third kappa shape index (κ3) is 4.40. The van der Waals surface area contributed by atoms with Crippen LogP contribution >= 0.6 is 12.6 Å². The summed E-state index contributed by atoms with van der Waals surface area (Å²) in [6, 6.07) is 3.74. The topological polar surface area (TPSA) is 60.4 Å². The summed E-state index contributed by atoms with van der Waals surface area (Å²) in [4.78, 5) is 10.9. The highest BCUT2D eigenvalue weighted by Gasteiger charge is 2.26. The second-order valence-corrected chi connectivity index (χ2v) is 8.20. The normalized spacial score (nSPS) is 14.0. The molecule has 0 amide bonds. The lowest BCUT2D eigenvalue weighted by molar-refractivity contribution is -0.304. The molecule has 1 unspecified atom stereocenters. The summed E-state index contributed by atoms with van der Waals surface area (Å²) in [6.07, 6.45) is 0.276. The average Bonchev–Trinajstić information content (AvgIpc) is 2.27. The number of aliphatic carboxylic acids is 1. The third-order valence-corrected chi connectivity index (χ3v) is 3.88. The molecule has 0 aliphatic carbocycles. The van der Waals surface area contributed by atoms with Crippen molar-refractivity contribution in [1.82, 2.24) is 0 Å². The van der Waals surface area contributed by atoms with Crippen LogP contribution in [0.25, 0.3) is 0 Å². The van der Waals surface area contributed by atoms with E-state index in [1.807, 2.05) is 53.7 Å². The first kappa shape index (κ1) is 17.9. The molecule has 118 valence electrons. The van der Waals surface area contributed by atoms with Crippen LogP contribution < -0.4 is 5.11 Å². The molecule has 0 saturated carbocycles. The van der Waals surface area contributed by atoms with Gasteiger partial charge >= 0.3 is 0 Å². The molecule has 0 fully saturated rings. The Hall–Kier alpha value is -1.16. The number of carbonyl (C=O) groups is 1. The molecule has 0 spiro atoms. The van der Waals surface area contributed by atoms with Crippen LogP contribution in [0.2, 0.25) is 0 Å². The molecule has 3 nitrogen and oxygen atoms in total. The Bertz CT molecular complexity index is 501. The molecule has 1 rings (SSSR count).